The van der Waals surface area contributed by atoms with Crippen LogP contribution in [0.5, 0.6) is 0 Å². The number of anilines is 1. The number of rotatable bonds is 6. The van der Waals surface area contributed by atoms with E-state index in [0.29, 0.717) is 5.56 Å². The molecular formula is C16H16FN3O4. The second kappa shape index (κ2) is 7.57. The largest absolute Gasteiger partial charge is 0.466 e. The van der Waals surface area contributed by atoms with Crippen molar-refractivity contribution < 1.29 is 23.8 Å². The zero-order valence-corrected chi connectivity index (χ0v) is 13.0. The molecule has 126 valence electrons. The number of carbonyl (C=O) groups is 2. The second-order valence-corrected chi connectivity index (χ2v) is 5.10. The number of aliphatic hydroxyl groups excluding tert-OH is 1. The van der Waals surface area contributed by atoms with Crippen LogP contribution in [0.3, 0.4) is 0 Å². The number of halogens is 1. The number of methoxy groups -OCH3 is 1. The number of benzene rings is 1. The average molecular weight is 333 g/mol. The molecule has 0 unspecified atom stereocenters. The van der Waals surface area contributed by atoms with E-state index >= 15 is 0 Å². The Morgan fingerprint density at radius 2 is 2.25 bits per heavy atom. The number of ether oxygens (including phenoxy) is 1. The molecule has 24 heavy (non-hydrogen) atoms. The van der Waals surface area contributed by atoms with Crippen LogP contribution in [-0.2, 0) is 20.7 Å². The molecular weight excluding hydrogens is 317 g/mol. The zero-order valence-electron chi connectivity index (χ0n) is 13.0. The molecule has 1 heterocycles. The highest BCUT2D eigenvalue weighted by Gasteiger charge is 2.34. The number of esters is 1. The minimum absolute atomic E-state index is 0.00519. The Morgan fingerprint density at radius 3 is 2.88 bits per heavy atom. The summed E-state index contributed by atoms with van der Waals surface area (Å²) in [6, 6.07) is 5.82. The van der Waals surface area contributed by atoms with Crippen molar-refractivity contribution in [3.63, 3.8) is 0 Å². The van der Waals surface area contributed by atoms with Crippen LogP contribution in [0.15, 0.2) is 29.5 Å². The van der Waals surface area contributed by atoms with Gasteiger partial charge in [-0.2, -0.15) is 5.26 Å². The molecule has 0 aliphatic carbocycles. The number of amides is 1. The third kappa shape index (κ3) is 3.70. The molecule has 8 heteroatoms. The number of nitrogens with zero attached hydrogens (tertiary/aromatic N) is 2. The first-order valence-electron chi connectivity index (χ1n) is 7.15. The fourth-order valence-corrected chi connectivity index (χ4v) is 2.41. The topological polar surface area (TPSA) is 103 Å². The summed E-state index contributed by atoms with van der Waals surface area (Å²) in [5, 5.41) is 20.5. The molecule has 0 spiro atoms. The van der Waals surface area contributed by atoms with Gasteiger partial charge in [0.2, 0.25) is 0 Å². The highest BCUT2D eigenvalue weighted by atomic mass is 19.1. The minimum Gasteiger partial charge on any atom is -0.466 e. The fourth-order valence-electron chi connectivity index (χ4n) is 2.41. The molecule has 1 aliphatic rings. The lowest BCUT2D eigenvalue weighted by atomic mass is 10.1. The maximum absolute atomic E-state index is 13.7. The molecule has 0 fully saturated rings. The van der Waals surface area contributed by atoms with Gasteiger partial charge in [0.25, 0.3) is 5.91 Å². The SMILES string of the molecule is COC(=O)C1=C(Nc2cc(F)cc(CC#N)c2)C(=O)N(CCO)C1. The van der Waals surface area contributed by atoms with Crippen molar-refractivity contribution in [2.75, 3.05) is 32.1 Å². The van der Waals surface area contributed by atoms with Gasteiger partial charge in [-0.25, -0.2) is 9.18 Å². The lowest BCUT2D eigenvalue weighted by Gasteiger charge is -2.15. The summed E-state index contributed by atoms with van der Waals surface area (Å²) >= 11 is 0. The first kappa shape index (κ1) is 17.4. The van der Waals surface area contributed by atoms with Crippen LogP contribution in [0.25, 0.3) is 0 Å². The van der Waals surface area contributed by atoms with E-state index in [1.165, 1.54) is 24.1 Å². The molecule has 1 aromatic carbocycles. The van der Waals surface area contributed by atoms with Crippen LogP contribution in [0.2, 0.25) is 0 Å². The predicted octanol–water partition coefficient (Wildman–Crippen LogP) is 0.565. The molecule has 0 aromatic heterocycles. The van der Waals surface area contributed by atoms with Crippen molar-refractivity contribution in [1.29, 1.82) is 5.26 Å². The van der Waals surface area contributed by atoms with E-state index in [1.807, 2.05) is 6.07 Å². The monoisotopic (exact) mass is 333 g/mol. The Hall–Kier alpha value is -2.92. The van der Waals surface area contributed by atoms with Crippen LogP contribution >= 0.6 is 0 Å². The summed E-state index contributed by atoms with van der Waals surface area (Å²) < 4.78 is 18.3. The van der Waals surface area contributed by atoms with Gasteiger partial charge < -0.3 is 20.1 Å². The van der Waals surface area contributed by atoms with Crippen molar-refractivity contribution in [3.05, 3.63) is 40.8 Å². The summed E-state index contributed by atoms with van der Waals surface area (Å²) in [5.74, 6) is -1.74. The minimum atomic E-state index is -0.681. The van der Waals surface area contributed by atoms with Gasteiger partial charge in [0.1, 0.15) is 11.5 Å². The van der Waals surface area contributed by atoms with Gasteiger partial charge in [0, 0.05) is 12.2 Å². The van der Waals surface area contributed by atoms with Gasteiger partial charge in [0.15, 0.2) is 0 Å². The van der Waals surface area contributed by atoms with Crippen molar-refractivity contribution in [3.8, 4) is 6.07 Å². The Labute approximate surface area is 137 Å². The summed E-state index contributed by atoms with van der Waals surface area (Å²) in [5.41, 5.74) is 0.764. The molecule has 1 aromatic rings. The molecule has 2 N–H and O–H groups in total. The Kier molecular flexibility index (Phi) is 5.50. The number of aliphatic hydroxyl groups is 1. The van der Waals surface area contributed by atoms with E-state index in [0.717, 1.165) is 6.07 Å². The first-order chi connectivity index (χ1) is 11.5. The van der Waals surface area contributed by atoms with Gasteiger partial charge in [-0.3, -0.25) is 4.79 Å². The molecule has 2 rings (SSSR count). The molecule has 0 saturated heterocycles. The van der Waals surface area contributed by atoms with Gasteiger partial charge in [0.05, 0.1) is 38.3 Å². The highest BCUT2D eigenvalue weighted by molar-refractivity contribution is 6.08. The van der Waals surface area contributed by atoms with Gasteiger partial charge in [-0.05, 0) is 23.8 Å². The van der Waals surface area contributed by atoms with E-state index < -0.39 is 17.7 Å². The van der Waals surface area contributed by atoms with Crippen LogP contribution in [0.4, 0.5) is 10.1 Å². The molecule has 0 bridgehead atoms. The lowest BCUT2D eigenvalue weighted by Crippen LogP contribution is -2.31. The number of carbonyl (C=O) groups excluding carboxylic acids is 2. The van der Waals surface area contributed by atoms with Crippen LogP contribution in [0, 0.1) is 17.1 Å². The smallest absolute Gasteiger partial charge is 0.337 e. The molecule has 7 nitrogen and oxygen atoms in total. The number of nitrogens with one attached hydrogen (secondary N) is 1. The van der Waals surface area contributed by atoms with E-state index in [4.69, 9.17) is 10.4 Å². The Morgan fingerprint density at radius 1 is 1.50 bits per heavy atom. The van der Waals surface area contributed by atoms with E-state index in [-0.39, 0.29) is 43.1 Å². The Balaban J connectivity index is 2.35. The second-order valence-electron chi connectivity index (χ2n) is 5.10. The van der Waals surface area contributed by atoms with E-state index in [2.05, 4.69) is 10.1 Å². The lowest BCUT2D eigenvalue weighted by molar-refractivity contribution is -0.136. The normalized spacial score (nSPS) is 13.9. The zero-order chi connectivity index (χ0) is 17.7. The third-order valence-electron chi connectivity index (χ3n) is 3.46. The average Bonchev–Trinajstić information content (AvgIpc) is 2.84. The predicted molar refractivity (Wildman–Crippen MR) is 82.0 cm³/mol. The first-order valence-corrected chi connectivity index (χ1v) is 7.15. The number of hydrogen-bond acceptors (Lipinski definition) is 6. The van der Waals surface area contributed by atoms with E-state index in [9.17, 15) is 14.0 Å². The van der Waals surface area contributed by atoms with Gasteiger partial charge in [-0.15, -0.1) is 0 Å². The molecule has 0 atom stereocenters. The summed E-state index contributed by atoms with van der Waals surface area (Å²) in [6.07, 6.45) is 0.0138. The number of β-amino-alcohol motifs (C(OH)–C–C–N with tert-alkyl or cyclic N) is 1. The van der Waals surface area contributed by atoms with Crippen LogP contribution in [0.1, 0.15) is 5.56 Å². The van der Waals surface area contributed by atoms with E-state index in [1.54, 1.807) is 0 Å². The third-order valence-corrected chi connectivity index (χ3v) is 3.46. The Bertz CT molecular complexity index is 739. The molecule has 0 radical (unpaired) electrons. The summed E-state index contributed by atoms with van der Waals surface area (Å²) in [4.78, 5) is 25.5. The fraction of sp³-hybridized carbons (Fsp3) is 0.312. The number of hydrogen-bond donors (Lipinski definition) is 2. The molecule has 0 saturated carbocycles. The summed E-state index contributed by atoms with van der Waals surface area (Å²) in [6.45, 7) is -0.193. The maximum Gasteiger partial charge on any atom is 0.337 e. The molecule has 1 aliphatic heterocycles. The van der Waals surface area contributed by atoms with Crippen LogP contribution < -0.4 is 5.32 Å². The van der Waals surface area contributed by atoms with Crippen LogP contribution in [-0.4, -0.2) is 48.7 Å². The standard InChI is InChI=1S/C16H16FN3O4/c1-24-16(23)13-9-20(4-5-21)15(22)14(13)19-12-7-10(2-3-18)6-11(17)8-12/h6-8,19,21H,2,4-5,9H2,1H3. The quantitative estimate of drug-likeness (QED) is 0.738. The maximum atomic E-state index is 13.7. The van der Waals surface area contributed by atoms with Crippen molar-refractivity contribution in [1.82, 2.24) is 4.90 Å². The number of nitriles is 1. The van der Waals surface area contributed by atoms with Crippen molar-refractivity contribution in [2.24, 2.45) is 0 Å². The van der Waals surface area contributed by atoms with Crippen molar-refractivity contribution >= 4 is 17.6 Å². The highest BCUT2D eigenvalue weighted by Crippen LogP contribution is 2.24. The van der Waals surface area contributed by atoms with Crippen molar-refractivity contribution in [2.45, 2.75) is 6.42 Å². The van der Waals surface area contributed by atoms with Gasteiger partial charge in [-0.1, -0.05) is 0 Å². The van der Waals surface area contributed by atoms with Gasteiger partial charge >= 0.3 is 5.97 Å². The molecule has 1 amide bonds. The summed E-state index contributed by atoms with van der Waals surface area (Å²) in [7, 11) is 1.19.